The summed E-state index contributed by atoms with van der Waals surface area (Å²) in [6, 6.07) is 8.47. The SMILES string of the molecule is CNC(=O)c1cc2cc(N3CCCC3)ccc2s1. The Balaban J connectivity index is 1.98. The van der Waals surface area contributed by atoms with E-state index in [4.69, 9.17) is 0 Å². The van der Waals surface area contributed by atoms with Crippen molar-refractivity contribution in [1.82, 2.24) is 5.32 Å². The molecule has 0 bridgehead atoms. The van der Waals surface area contributed by atoms with Gasteiger partial charge in [-0.1, -0.05) is 0 Å². The molecule has 1 aromatic heterocycles. The summed E-state index contributed by atoms with van der Waals surface area (Å²) in [5, 5.41) is 3.84. The number of rotatable bonds is 2. The summed E-state index contributed by atoms with van der Waals surface area (Å²) in [6.07, 6.45) is 2.57. The molecule has 1 aliphatic rings. The number of fused-ring (bicyclic) bond motifs is 1. The van der Waals surface area contributed by atoms with Gasteiger partial charge in [-0.15, -0.1) is 11.3 Å². The molecule has 1 aromatic carbocycles. The van der Waals surface area contributed by atoms with E-state index in [0.29, 0.717) is 0 Å². The Hall–Kier alpha value is -1.55. The first-order valence-corrected chi connectivity index (χ1v) is 7.10. The molecule has 1 amide bonds. The molecule has 0 saturated carbocycles. The van der Waals surface area contributed by atoms with Crippen molar-refractivity contribution in [3.8, 4) is 0 Å². The maximum Gasteiger partial charge on any atom is 0.261 e. The maximum atomic E-state index is 11.6. The summed E-state index contributed by atoms with van der Waals surface area (Å²) >= 11 is 1.55. The Morgan fingerprint density at radius 1 is 1.28 bits per heavy atom. The quantitative estimate of drug-likeness (QED) is 0.900. The van der Waals surface area contributed by atoms with E-state index < -0.39 is 0 Å². The molecule has 18 heavy (non-hydrogen) atoms. The minimum absolute atomic E-state index is 0.000998. The van der Waals surface area contributed by atoms with Gasteiger partial charge in [0.1, 0.15) is 0 Å². The van der Waals surface area contributed by atoms with Gasteiger partial charge in [0.05, 0.1) is 4.88 Å². The zero-order chi connectivity index (χ0) is 12.5. The van der Waals surface area contributed by atoms with E-state index in [9.17, 15) is 4.79 Å². The van der Waals surface area contributed by atoms with E-state index in [-0.39, 0.29) is 5.91 Å². The van der Waals surface area contributed by atoms with Crippen LogP contribution in [0.15, 0.2) is 24.3 Å². The molecule has 3 rings (SSSR count). The van der Waals surface area contributed by atoms with E-state index in [2.05, 4.69) is 28.4 Å². The van der Waals surface area contributed by atoms with E-state index in [0.717, 1.165) is 18.0 Å². The average Bonchev–Trinajstić information content (AvgIpc) is 3.05. The zero-order valence-electron chi connectivity index (χ0n) is 10.4. The second-order valence-electron chi connectivity index (χ2n) is 4.61. The average molecular weight is 260 g/mol. The fourth-order valence-corrected chi connectivity index (χ4v) is 3.43. The largest absolute Gasteiger partial charge is 0.372 e. The molecule has 3 nitrogen and oxygen atoms in total. The van der Waals surface area contributed by atoms with Crippen LogP contribution in [0.4, 0.5) is 5.69 Å². The van der Waals surface area contributed by atoms with Crippen LogP contribution in [0.5, 0.6) is 0 Å². The first-order chi connectivity index (χ1) is 8.78. The first-order valence-electron chi connectivity index (χ1n) is 6.28. The van der Waals surface area contributed by atoms with Crippen molar-refractivity contribution >= 4 is 33.0 Å². The fourth-order valence-electron chi connectivity index (χ4n) is 2.44. The van der Waals surface area contributed by atoms with E-state index in [1.807, 2.05) is 6.07 Å². The van der Waals surface area contributed by atoms with Crippen LogP contribution in [-0.2, 0) is 0 Å². The Kier molecular flexibility index (Phi) is 2.96. The van der Waals surface area contributed by atoms with Crippen molar-refractivity contribution in [2.75, 3.05) is 25.0 Å². The van der Waals surface area contributed by atoms with Crippen molar-refractivity contribution in [1.29, 1.82) is 0 Å². The lowest BCUT2D eigenvalue weighted by Crippen LogP contribution is -2.17. The number of nitrogens with zero attached hydrogens (tertiary/aromatic N) is 1. The van der Waals surface area contributed by atoms with Crippen molar-refractivity contribution in [3.63, 3.8) is 0 Å². The molecular weight excluding hydrogens is 244 g/mol. The molecule has 0 radical (unpaired) electrons. The second kappa shape index (κ2) is 4.61. The number of amides is 1. The third-order valence-electron chi connectivity index (χ3n) is 3.42. The molecule has 0 atom stereocenters. The van der Waals surface area contributed by atoms with Gasteiger partial charge in [0.15, 0.2) is 0 Å². The minimum atomic E-state index is -0.000998. The molecule has 2 aromatic rings. The summed E-state index contributed by atoms with van der Waals surface area (Å²) in [6.45, 7) is 2.30. The van der Waals surface area contributed by atoms with Gasteiger partial charge >= 0.3 is 0 Å². The van der Waals surface area contributed by atoms with Crippen molar-refractivity contribution in [2.24, 2.45) is 0 Å². The molecule has 1 fully saturated rings. The lowest BCUT2D eigenvalue weighted by atomic mass is 10.2. The molecule has 4 heteroatoms. The lowest BCUT2D eigenvalue weighted by Gasteiger charge is -2.17. The monoisotopic (exact) mass is 260 g/mol. The zero-order valence-corrected chi connectivity index (χ0v) is 11.2. The van der Waals surface area contributed by atoms with Crippen LogP contribution >= 0.6 is 11.3 Å². The molecule has 94 valence electrons. The molecule has 0 aliphatic carbocycles. The number of carbonyl (C=O) groups excluding carboxylic acids is 1. The summed E-state index contributed by atoms with van der Waals surface area (Å²) in [5.74, 6) is -0.000998. The highest BCUT2D eigenvalue weighted by atomic mass is 32.1. The standard InChI is InChI=1S/C14H16N2OS/c1-15-14(17)13-9-10-8-11(4-5-12(10)18-13)16-6-2-3-7-16/h4-5,8-9H,2-3,6-7H2,1H3,(H,15,17). The number of nitrogens with one attached hydrogen (secondary N) is 1. The number of anilines is 1. The second-order valence-corrected chi connectivity index (χ2v) is 5.69. The van der Waals surface area contributed by atoms with E-state index >= 15 is 0 Å². The van der Waals surface area contributed by atoms with Crippen LogP contribution in [0.2, 0.25) is 0 Å². The number of hydrogen-bond acceptors (Lipinski definition) is 3. The Bertz CT molecular complexity index is 584. The van der Waals surface area contributed by atoms with Gasteiger partial charge in [0, 0.05) is 30.5 Å². The number of hydrogen-bond donors (Lipinski definition) is 1. The third-order valence-corrected chi connectivity index (χ3v) is 4.54. The van der Waals surface area contributed by atoms with Gasteiger partial charge in [0.25, 0.3) is 5.91 Å². The highest BCUT2D eigenvalue weighted by Crippen LogP contribution is 2.30. The van der Waals surface area contributed by atoms with Gasteiger partial charge in [-0.2, -0.15) is 0 Å². The molecule has 1 saturated heterocycles. The van der Waals surface area contributed by atoms with Crippen LogP contribution < -0.4 is 10.2 Å². The van der Waals surface area contributed by atoms with Crippen LogP contribution in [0.25, 0.3) is 10.1 Å². The molecular formula is C14H16N2OS. The minimum Gasteiger partial charge on any atom is -0.372 e. The van der Waals surface area contributed by atoms with E-state index in [1.54, 1.807) is 18.4 Å². The van der Waals surface area contributed by atoms with Crippen molar-refractivity contribution in [2.45, 2.75) is 12.8 Å². The summed E-state index contributed by atoms with van der Waals surface area (Å²) in [7, 11) is 1.67. The van der Waals surface area contributed by atoms with Crippen molar-refractivity contribution in [3.05, 3.63) is 29.1 Å². The van der Waals surface area contributed by atoms with Crippen LogP contribution in [0.3, 0.4) is 0 Å². The Labute approximate surface area is 110 Å². The topological polar surface area (TPSA) is 32.3 Å². The summed E-state index contributed by atoms with van der Waals surface area (Å²) in [5.41, 5.74) is 1.28. The summed E-state index contributed by atoms with van der Waals surface area (Å²) < 4.78 is 1.18. The Morgan fingerprint density at radius 3 is 2.78 bits per heavy atom. The van der Waals surface area contributed by atoms with Crippen LogP contribution in [0.1, 0.15) is 22.5 Å². The van der Waals surface area contributed by atoms with Gasteiger partial charge in [-0.05, 0) is 42.5 Å². The molecule has 2 heterocycles. The van der Waals surface area contributed by atoms with Gasteiger partial charge < -0.3 is 10.2 Å². The predicted molar refractivity (Wildman–Crippen MR) is 76.7 cm³/mol. The van der Waals surface area contributed by atoms with E-state index in [1.165, 1.54) is 28.6 Å². The normalized spacial score (nSPS) is 15.3. The number of carbonyl (C=O) groups is 1. The number of benzene rings is 1. The third kappa shape index (κ3) is 1.97. The molecule has 0 spiro atoms. The predicted octanol–water partition coefficient (Wildman–Crippen LogP) is 2.86. The first kappa shape index (κ1) is 11.5. The molecule has 1 aliphatic heterocycles. The molecule has 1 N–H and O–H groups in total. The maximum absolute atomic E-state index is 11.6. The fraction of sp³-hybridized carbons (Fsp3) is 0.357. The van der Waals surface area contributed by atoms with Crippen molar-refractivity contribution < 1.29 is 4.79 Å². The lowest BCUT2D eigenvalue weighted by molar-refractivity contribution is 0.0967. The summed E-state index contributed by atoms with van der Waals surface area (Å²) in [4.78, 5) is 14.8. The molecule has 0 unspecified atom stereocenters. The van der Waals surface area contributed by atoms with Gasteiger partial charge in [0.2, 0.25) is 0 Å². The van der Waals surface area contributed by atoms with Crippen LogP contribution in [-0.4, -0.2) is 26.0 Å². The highest BCUT2D eigenvalue weighted by Gasteiger charge is 2.14. The van der Waals surface area contributed by atoms with Crippen LogP contribution in [0, 0.1) is 0 Å². The smallest absolute Gasteiger partial charge is 0.261 e. The Morgan fingerprint density at radius 2 is 2.06 bits per heavy atom. The van der Waals surface area contributed by atoms with Gasteiger partial charge in [-0.25, -0.2) is 0 Å². The highest BCUT2D eigenvalue weighted by molar-refractivity contribution is 7.20. The number of thiophene rings is 1. The van der Waals surface area contributed by atoms with Gasteiger partial charge in [-0.3, -0.25) is 4.79 Å².